The first kappa shape index (κ1) is 15.9. The Kier molecular flexibility index (Phi) is 4.90. The third-order valence-corrected chi connectivity index (χ3v) is 4.01. The number of likely N-dealkylation sites (N-methyl/N-ethyl adjacent to an activating group) is 1. The van der Waals surface area contributed by atoms with Crippen LogP contribution < -0.4 is 5.32 Å². The standard InChI is InChI=1S/C15H20F2N2O2/c1-18-14(20)15(10-21-2)6-3-7-19(15)9-11-4-5-12(16)13(17)8-11/h4-5,8H,3,6-7,9-10H2,1-2H3,(H,18,20). The van der Waals surface area contributed by atoms with Crippen LogP contribution in [0.5, 0.6) is 0 Å². The van der Waals surface area contributed by atoms with Crippen LogP contribution in [0, 0.1) is 11.6 Å². The van der Waals surface area contributed by atoms with Crippen molar-refractivity contribution in [1.82, 2.24) is 10.2 Å². The number of amides is 1. The zero-order chi connectivity index (χ0) is 15.5. The minimum Gasteiger partial charge on any atom is -0.382 e. The molecule has 1 aromatic carbocycles. The molecule has 4 nitrogen and oxygen atoms in total. The van der Waals surface area contributed by atoms with Crippen LogP contribution in [-0.4, -0.2) is 43.7 Å². The second kappa shape index (κ2) is 6.49. The number of rotatable bonds is 5. The molecule has 1 atom stereocenters. The van der Waals surface area contributed by atoms with Crippen molar-refractivity contribution in [2.24, 2.45) is 0 Å². The van der Waals surface area contributed by atoms with Gasteiger partial charge in [0.15, 0.2) is 11.6 Å². The number of nitrogens with zero attached hydrogens (tertiary/aromatic N) is 1. The van der Waals surface area contributed by atoms with Gasteiger partial charge >= 0.3 is 0 Å². The molecule has 0 bridgehead atoms. The molecule has 0 saturated carbocycles. The van der Waals surface area contributed by atoms with Crippen LogP contribution in [-0.2, 0) is 16.1 Å². The van der Waals surface area contributed by atoms with E-state index < -0.39 is 17.2 Å². The summed E-state index contributed by atoms with van der Waals surface area (Å²) >= 11 is 0. The highest BCUT2D eigenvalue weighted by Gasteiger charge is 2.46. The van der Waals surface area contributed by atoms with Gasteiger partial charge in [-0.1, -0.05) is 6.07 Å². The van der Waals surface area contributed by atoms with Crippen molar-refractivity contribution in [1.29, 1.82) is 0 Å². The van der Waals surface area contributed by atoms with Crippen molar-refractivity contribution in [2.75, 3.05) is 27.3 Å². The maximum absolute atomic E-state index is 13.3. The molecular weight excluding hydrogens is 278 g/mol. The van der Waals surface area contributed by atoms with Crippen molar-refractivity contribution in [3.63, 3.8) is 0 Å². The fraction of sp³-hybridized carbons (Fsp3) is 0.533. The summed E-state index contributed by atoms with van der Waals surface area (Å²) in [4.78, 5) is 14.3. The van der Waals surface area contributed by atoms with Gasteiger partial charge in [-0.3, -0.25) is 9.69 Å². The van der Waals surface area contributed by atoms with Gasteiger partial charge in [0, 0.05) is 20.7 Å². The first-order chi connectivity index (χ1) is 10.0. The van der Waals surface area contributed by atoms with Crippen LogP contribution in [0.4, 0.5) is 8.78 Å². The van der Waals surface area contributed by atoms with E-state index in [9.17, 15) is 13.6 Å². The van der Waals surface area contributed by atoms with E-state index >= 15 is 0 Å². The van der Waals surface area contributed by atoms with Gasteiger partial charge in [0.25, 0.3) is 0 Å². The van der Waals surface area contributed by atoms with Gasteiger partial charge in [0.1, 0.15) is 5.54 Å². The fourth-order valence-corrected chi connectivity index (χ4v) is 2.98. The molecule has 116 valence electrons. The molecule has 21 heavy (non-hydrogen) atoms. The molecule has 0 radical (unpaired) electrons. The number of halogens is 2. The van der Waals surface area contributed by atoms with Crippen LogP contribution in [0.15, 0.2) is 18.2 Å². The molecule has 1 aromatic rings. The summed E-state index contributed by atoms with van der Waals surface area (Å²) in [6, 6.07) is 3.83. The molecule has 0 spiro atoms. The minimum atomic E-state index is -0.871. The number of carbonyl (C=O) groups is 1. The molecule has 1 aliphatic heterocycles. The average Bonchev–Trinajstić information content (AvgIpc) is 2.86. The monoisotopic (exact) mass is 298 g/mol. The lowest BCUT2D eigenvalue weighted by Crippen LogP contribution is -2.57. The smallest absolute Gasteiger partial charge is 0.242 e. The quantitative estimate of drug-likeness (QED) is 0.899. The summed E-state index contributed by atoms with van der Waals surface area (Å²) in [5.74, 6) is -1.84. The van der Waals surface area contributed by atoms with Gasteiger partial charge in [-0.05, 0) is 37.1 Å². The number of benzene rings is 1. The third kappa shape index (κ3) is 3.06. The molecule has 1 aliphatic rings. The largest absolute Gasteiger partial charge is 0.382 e. The highest BCUT2D eigenvalue weighted by molar-refractivity contribution is 5.86. The Morgan fingerprint density at radius 3 is 2.81 bits per heavy atom. The summed E-state index contributed by atoms with van der Waals surface area (Å²) < 4.78 is 31.5. The molecule has 1 saturated heterocycles. The number of nitrogens with one attached hydrogen (secondary N) is 1. The van der Waals surface area contributed by atoms with E-state index in [2.05, 4.69) is 5.32 Å². The molecule has 2 rings (SSSR count). The normalized spacial score (nSPS) is 22.5. The van der Waals surface area contributed by atoms with Gasteiger partial charge in [-0.2, -0.15) is 0 Å². The van der Waals surface area contributed by atoms with Crippen molar-refractivity contribution >= 4 is 5.91 Å². The lowest BCUT2D eigenvalue weighted by Gasteiger charge is -2.36. The number of ether oxygens (including phenoxy) is 1. The lowest BCUT2D eigenvalue weighted by atomic mass is 9.95. The summed E-state index contributed by atoms with van der Waals surface area (Å²) in [5, 5.41) is 2.67. The zero-order valence-electron chi connectivity index (χ0n) is 12.3. The van der Waals surface area contributed by atoms with E-state index in [1.807, 2.05) is 4.90 Å². The average molecular weight is 298 g/mol. The Morgan fingerprint density at radius 2 is 2.19 bits per heavy atom. The first-order valence-electron chi connectivity index (χ1n) is 6.93. The predicted octanol–water partition coefficient (Wildman–Crippen LogP) is 1.69. The summed E-state index contributed by atoms with van der Waals surface area (Å²) in [7, 11) is 3.15. The van der Waals surface area contributed by atoms with E-state index in [1.54, 1.807) is 14.2 Å². The highest BCUT2D eigenvalue weighted by Crippen LogP contribution is 2.31. The fourth-order valence-electron chi connectivity index (χ4n) is 2.98. The second-order valence-electron chi connectivity index (χ2n) is 5.32. The molecule has 1 amide bonds. The van der Waals surface area contributed by atoms with E-state index in [0.29, 0.717) is 18.5 Å². The molecule has 1 unspecified atom stereocenters. The Morgan fingerprint density at radius 1 is 1.43 bits per heavy atom. The molecule has 1 heterocycles. The molecule has 0 aliphatic carbocycles. The van der Waals surface area contributed by atoms with E-state index in [0.717, 1.165) is 19.0 Å². The van der Waals surface area contributed by atoms with Crippen molar-refractivity contribution < 1.29 is 18.3 Å². The number of hydrogen-bond donors (Lipinski definition) is 1. The lowest BCUT2D eigenvalue weighted by molar-refractivity contribution is -0.135. The van der Waals surface area contributed by atoms with E-state index in [1.165, 1.54) is 12.1 Å². The van der Waals surface area contributed by atoms with E-state index in [-0.39, 0.29) is 12.5 Å². The Labute approximate surface area is 123 Å². The topological polar surface area (TPSA) is 41.6 Å². The molecule has 0 aromatic heterocycles. The number of hydrogen-bond acceptors (Lipinski definition) is 3. The Balaban J connectivity index is 2.23. The summed E-state index contributed by atoms with van der Waals surface area (Å²) in [5.41, 5.74) is -0.103. The Bertz CT molecular complexity index is 524. The molecule has 1 N–H and O–H groups in total. The van der Waals surface area contributed by atoms with Crippen molar-refractivity contribution in [2.45, 2.75) is 24.9 Å². The SMILES string of the molecule is CNC(=O)C1(COC)CCCN1Cc1ccc(F)c(F)c1. The summed E-state index contributed by atoms with van der Waals surface area (Å²) in [6.07, 6.45) is 1.55. The van der Waals surface area contributed by atoms with Crippen LogP contribution in [0.2, 0.25) is 0 Å². The third-order valence-electron chi connectivity index (χ3n) is 4.01. The number of methoxy groups -OCH3 is 1. The summed E-state index contributed by atoms with van der Waals surface area (Å²) in [6.45, 7) is 1.38. The first-order valence-corrected chi connectivity index (χ1v) is 6.93. The minimum absolute atomic E-state index is 0.107. The van der Waals surface area contributed by atoms with Gasteiger partial charge in [0.05, 0.1) is 6.61 Å². The van der Waals surface area contributed by atoms with Crippen LogP contribution in [0.25, 0.3) is 0 Å². The van der Waals surface area contributed by atoms with Gasteiger partial charge in [0.2, 0.25) is 5.91 Å². The van der Waals surface area contributed by atoms with E-state index in [4.69, 9.17) is 4.74 Å². The van der Waals surface area contributed by atoms with Crippen LogP contribution in [0.3, 0.4) is 0 Å². The molecular formula is C15H20F2N2O2. The number of likely N-dealkylation sites (tertiary alicyclic amines) is 1. The number of carbonyl (C=O) groups excluding carboxylic acids is 1. The zero-order valence-corrected chi connectivity index (χ0v) is 12.3. The van der Waals surface area contributed by atoms with Crippen molar-refractivity contribution in [3.8, 4) is 0 Å². The van der Waals surface area contributed by atoms with Gasteiger partial charge < -0.3 is 10.1 Å². The molecule has 1 fully saturated rings. The second-order valence-corrected chi connectivity index (χ2v) is 5.32. The van der Waals surface area contributed by atoms with Crippen LogP contribution >= 0.6 is 0 Å². The maximum atomic E-state index is 13.3. The molecule has 6 heteroatoms. The van der Waals surface area contributed by atoms with Crippen molar-refractivity contribution in [3.05, 3.63) is 35.4 Å². The van der Waals surface area contributed by atoms with Crippen LogP contribution in [0.1, 0.15) is 18.4 Å². The maximum Gasteiger partial charge on any atom is 0.242 e. The highest BCUT2D eigenvalue weighted by atomic mass is 19.2. The Hall–Kier alpha value is -1.53. The predicted molar refractivity (Wildman–Crippen MR) is 74.7 cm³/mol. The van der Waals surface area contributed by atoms with Gasteiger partial charge in [-0.25, -0.2) is 8.78 Å². The van der Waals surface area contributed by atoms with Gasteiger partial charge in [-0.15, -0.1) is 0 Å².